The molecule has 10 aromatic carbocycles. The van der Waals surface area contributed by atoms with Crippen LogP contribution in [0, 0.1) is 0 Å². The van der Waals surface area contributed by atoms with E-state index in [4.69, 9.17) is 4.42 Å². The highest BCUT2D eigenvalue weighted by Crippen LogP contribution is 2.47. The first-order valence-electron chi connectivity index (χ1n) is 19.5. The van der Waals surface area contributed by atoms with Gasteiger partial charge in [-0.2, -0.15) is 0 Å². The largest absolute Gasteiger partial charge is 0.456 e. The Balaban J connectivity index is 1.07. The second-order valence-electron chi connectivity index (χ2n) is 14.8. The van der Waals surface area contributed by atoms with Gasteiger partial charge in [-0.3, -0.25) is 0 Å². The normalized spacial score (nSPS) is 11.9. The minimum atomic E-state index is 0.884. The third-order valence-electron chi connectivity index (χ3n) is 11.7. The molecule has 0 saturated carbocycles. The highest BCUT2D eigenvalue weighted by Gasteiger charge is 2.23. The number of nitrogens with zero attached hydrogens (tertiary/aromatic N) is 2. The van der Waals surface area contributed by atoms with E-state index in [1.54, 1.807) is 0 Å². The Hall–Kier alpha value is -7.62. The molecule has 12 rings (SSSR count). The van der Waals surface area contributed by atoms with E-state index in [1.807, 2.05) is 6.07 Å². The van der Waals surface area contributed by atoms with Crippen molar-refractivity contribution >= 4 is 93.1 Å². The molecule has 12 aromatic rings. The number of fused-ring (bicyclic) bond motifs is 12. The molecule has 57 heavy (non-hydrogen) atoms. The van der Waals surface area contributed by atoms with Crippen molar-refractivity contribution in [3.05, 3.63) is 206 Å². The molecule has 0 amide bonds. The molecular weight excluding hydrogens is 693 g/mol. The summed E-state index contributed by atoms with van der Waals surface area (Å²) in [6.07, 6.45) is 0. The third kappa shape index (κ3) is 4.79. The third-order valence-corrected chi connectivity index (χ3v) is 11.7. The van der Waals surface area contributed by atoms with Crippen LogP contribution < -0.4 is 4.90 Å². The summed E-state index contributed by atoms with van der Waals surface area (Å²) in [7, 11) is 0. The van der Waals surface area contributed by atoms with E-state index in [-0.39, 0.29) is 0 Å². The molecule has 266 valence electrons. The number of para-hydroxylation sites is 3. The lowest BCUT2D eigenvalue weighted by molar-refractivity contribution is 0.669. The van der Waals surface area contributed by atoms with Gasteiger partial charge in [-0.1, -0.05) is 140 Å². The zero-order chi connectivity index (χ0) is 37.5. The van der Waals surface area contributed by atoms with Crippen molar-refractivity contribution in [1.82, 2.24) is 4.57 Å². The molecule has 0 unspecified atom stereocenters. The van der Waals surface area contributed by atoms with Gasteiger partial charge in [0.15, 0.2) is 0 Å². The predicted octanol–water partition coefficient (Wildman–Crippen LogP) is 15.3. The Bertz CT molecular complexity index is 3470. The van der Waals surface area contributed by atoms with Gasteiger partial charge in [-0.05, 0) is 98.5 Å². The number of furan rings is 1. The van der Waals surface area contributed by atoms with Crippen LogP contribution in [0.15, 0.2) is 211 Å². The van der Waals surface area contributed by atoms with Crippen LogP contribution in [0.5, 0.6) is 0 Å². The SMILES string of the molecule is c1ccc(-c2c3c(cc4c2c2ccccc2n4-c2ccc(N(c4ccccc4)c4ccc5c6ccccc6c6ccccc6c5c4)cc2)oc2ccccc23)cc1. The van der Waals surface area contributed by atoms with Gasteiger partial charge in [0, 0.05) is 55.9 Å². The molecule has 0 radical (unpaired) electrons. The second-order valence-corrected chi connectivity index (χ2v) is 14.8. The molecule has 0 saturated heterocycles. The summed E-state index contributed by atoms with van der Waals surface area (Å²) in [6, 6.07) is 74.3. The minimum Gasteiger partial charge on any atom is -0.456 e. The van der Waals surface area contributed by atoms with Crippen molar-refractivity contribution in [3.63, 3.8) is 0 Å². The minimum absolute atomic E-state index is 0.884. The summed E-state index contributed by atoms with van der Waals surface area (Å²) in [4.78, 5) is 2.37. The van der Waals surface area contributed by atoms with Crippen molar-refractivity contribution in [1.29, 1.82) is 0 Å². The molecule has 0 spiro atoms. The maximum Gasteiger partial charge on any atom is 0.138 e. The predicted molar refractivity (Wildman–Crippen MR) is 241 cm³/mol. The average Bonchev–Trinajstić information content (AvgIpc) is 3.82. The summed E-state index contributed by atoms with van der Waals surface area (Å²) in [6.45, 7) is 0. The van der Waals surface area contributed by atoms with Crippen LogP contribution in [-0.4, -0.2) is 4.57 Å². The van der Waals surface area contributed by atoms with Crippen LogP contribution in [0.1, 0.15) is 0 Å². The van der Waals surface area contributed by atoms with Crippen LogP contribution in [0.4, 0.5) is 17.1 Å². The Labute approximate surface area is 328 Å². The van der Waals surface area contributed by atoms with Gasteiger partial charge in [0.1, 0.15) is 11.2 Å². The van der Waals surface area contributed by atoms with Gasteiger partial charge < -0.3 is 13.9 Å². The summed E-state index contributed by atoms with van der Waals surface area (Å²) in [5.74, 6) is 0. The highest BCUT2D eigenvalue weighted by atomic mass is 16.3. The fraction of sp³-hybridized carbons (Fsp3) is 0. The fourth-order valence-electron chi connectivity index (χ4n) is 9.31. The van der Waals surface area contributed by atoms with E-state index >= 15 is 0 Å². The zero-order valence-corrected chi connectivity index (χ0v) is 30.9. The van der Waals surface area contributed by atoms with Crippen molar-refractivity contribution in [2.75, 3.05) is 4.90 Å². The number of benzene rings is 10. The second kappa shape index (κ2) is 12.5. The topological polar surface area (TPSA) is 21.3 Å². The summed E-state index contributed by atoms with van der Waals surface area (Å²) < 4.78 is 9.02. The van der Waals surface area contributed by atoms with E-state index in [1.165, 1.54) is 54.2 Å². The van der Waals surface area contributed by atoms with Crippen LogP contribution in [0.2, 0.25) is 0 Å². The first kappa shape index (κ1) is 31.7. The number of hydrogen-bond acceptors (Lipinski definition) is 2. The quantitative estimate of drug-likeness (QED) is 0.165. The summed E-state index contributed by atoms with van der Waals surface area (Å²) in [5, 5.41) is 12.3. The average molecular weight is 727 g/mol. The highest BCUT2D eigenvalue weighted by molar-refractivity contribution is 6.27. The maximum atomic E-state index is 6.62. The van der Waals surface area contributed by atoms with E-state index < -0.39 is 0 Å². The lowest BCUT2D eigenvalue weighted by Gasteiger charge is -2.26. The van der Waals surface area contributed by atoms with Crippen molar-refractivity contribution < 1.29 is 4.42 Å². The molecule has 0 atom stereocenters. The molecular formula is C54H34N2O. The van der Waals surface area contributed by atoms with Crippen LogP contribution in [0.3, 0.4) is 0 Å². The number of hydrogen-bond donors (Lipinski definition) is 0. The Kier molecular flexibility index (Phi) is 6.93. The molecule has 0 fully saturated rings. The molecule has 3 nitrogen and oxygen atoms in total. The van der Waals surface area contributed by atoms with E-state index in [0.29, 0.717) is 0 Å². The van der Waals surface area contributed by atoms with Gasteiger partial charge in [0.05, 0.1) is 11.0 Å². The molecule has 2 aromatic heterocycles. The lowest BCUT2D eigenvalue weighted by atomic mass is 9.94. The molecule has 3 heteroatoms. The van der Waals surface area contributed by atoms with Crippen molar-refractivity contribution in [3.8, 4) is 16.8 Å². The number of anilines is 3. The number of rotatable bonds is 5. The van der Waals surface area contributed by atoms with E-state index in [0.717, 1.165) is 55.7 Å². The molecule has 0 aliphatic heterocycles. The van der Waals surface area contributed by atoms with Crippen LogP contribution in [0.25, 0.3) is 92.9 Å². The zero-order valence-electron chi connectivity index (χ0n) is 30.9. The first-order chi connectivity index (χ1) is 28.3. The van der Waals surface area contributed by atoms with Crippen LogP contribution >= 0.6 is 0 Å². The van der Waals surface area contributed by atoms with Crippen molar-refractivity contribution in [2.45, 2.75) is 0 Å². The van der Waals surface area contributed by atoms with Gasteiger partial charge in [0.25, 0.3) is 0 Å². The van der Waals surface area contributed by atoms with Crippen molar-refractivity contribution in [2.24, 2.45) is 0 Å². The Morgan fingerprint density at radius 1 is 0.333 bits per heavy atom. The smallest absolute Gasteiger partial charge is 0.138 e. The maximum absolute atomic E-state index is 6.62. The summed E-state index contributed by atoms with van der Waals surface area (Å²) in [5.41, 5.74) is 10.8. The van der Waals surface area contributed by atoms with Gasteiger partial charge >= 0.3 is 0 Å². The Morgan fingerprint density at radius 2 is 0.860 bits per heavy atom. The van der Waals surface area contributed by atoms with Gasteiger partial charge in [0.2, 0.25) is 0 Å². The monoisotopic (exact) mass is 726 g/mol. The standard InChI is InChI=1S/C54H34N2O/c1-3-15-35(16-4-1)52-53-45-23-11-13-25-48(45)56(49(53)34-51-54(52)46-24-12-14-26-50(46)57-51)38-29-27-37(28-30-38)55(36-17-5-2-6-18-36)39-31-32-44-42-21-8-7-19-40(42)41-20-9-10-22-43(41)47(44)33-39/h1-34H. The van der Waals surface area contributed by atoms with E-state index in [2.05, 4.69) is 210 Å². The molecule has 0 N–H and O–H groups in total. The lowest BCUT2D eigenvalue weighted by Crippen LogP contribution is -2.10. The Morgan fingerprint density at radius 3 is 1.56 bits per heavy atom. The van der Waals surface area contributed by atoms with Crippen LogP contribution in [-0.2, 0) is 0 Å². The van der Waals surface area contributed by atoms with Gasteiger partial charge in [-0.25, -0.2) is 0 Å². The molecule has 0 bridgehead atoms. The fourth-order valence-corrected chi connectivity index (χ4v) is 9.31. The number of aromatic nitrogens is 1. The van der Waals surface area contributed by atoms with Gasteiger partial charge in [-0.15, -0.1) is 0 Å². The molecule has 2 heterocycles. The summed E-state index contributed by atoms with van der Waals surface area (Å²) >= 11 is 0. The van der Waals surface area contributed by atoms with E-state index in [9.17, 15) is 0 Å². The first-order valence-corrected chi connectivity index (χ1v) is 19.5. The molecule has 0 aliphatic carbocycles. The molecule has 0 aliphatic rings.